The summed E-state index contributed by atoms with van der Waals surface area (Å²) in [4.78, 5) is 9.18. The van der Waals surface area contributed by atoms with Gasteiger partial charge in [-0.05, 0) is 31.7 Å². The molecule has 1 aliphatic heterocycles. The van der Waals surface area contributed by atoms with E-state index in [1.165, 1.54) is 5.56 Å². The van der Waals surface area contributed by atoms with E-state index in [9.17, 15) is 0 Å². The average Bonchev–Trinajstić information content (AvgIpc) is 2.33. The van der Waals surface area contributed by atoms with Gasteiger partial charge < -0.3 is 10.2 Å². The van der Waals surface area contributed by atoms with E-state index < -0.39 is 0 Å². The first-order chi connectivity index (χ1) is 8.19. The molecule has 1 unspecified atom stereocenters. The van der Waals surface area contributed by atoms with Crippen LogP contribution in [0.3, 0.4) is 0 Å². The maximum Gasteiger partial charge on any atom is 0.125 e. The quantitative estimate of drug-likeness (QED) is 0.853. The minimum absolute atomic E-state index is 0.625. The number of anilines is 1. The van der Waals surface area contributed by atoms with Gasteiger partial charge in [-0.2, -0.15) is 0 Å². The van der Waals surface area contributed by atoms with Gasteiger partial charge in [0.05, 0.1) is 0 Å². The molecule has 0 aliphatic carbocycles. The predicted molar refractivity (Wildman–Crippen MR) is 71.2 cm³/mol. The second-order valence-electron chi connectivity index (χ2n) is 4.88. The zero-order valence-electron chi connectivity index (χ0n) is 11.0. The highest BCUT2D eigenvalue weighted by Gasteiger charge is 2.21. The van der Waals surface area contributed by atoms with Crippen molar-refractivity contribution in [2.24, 2.45) is 0 Å². The summed E-state index contributed by atoms with van der Waals surface area (Å²) in [5.74, 6) is 0.948. The smallest absolute Gasteiger partial charge is 0.125 e. The lowest BCUT2D eigenvalue weighted by atomic mass is 10.1. The molecule has 94 valence electrons. The van der Waals surface area contributed by atoms with E-state index >= 15 is 0 Å². The van der Waals surface area contributed by atoms with Crippen molar-refractivity contribution in [2.75, 3.05) is 39.0 Å². The maximum atomic E-state index is 4.24. The summed E-state index contributed by atoms with van der Waals surface area (Å²) in [7, 11) is 4.10. The van der Waals surface area contributed by atoms with Crippen molar-refractivity contribution in [3.8, 4) is 0 Å². The minimum Gasteiger partial charge on any atom is -0.373 e. The summed E-state index contributed by atoms with van der Waals surface area (Å²) in [5, 5.41) is 3.09. The molecule has 4 nitrogen and oxygen atoms in total. The third-order valence-electron chi connectivity index (χ3n) is 3.43. The van der Waals surface area contributed by atoms with E-state index in [0.29, 0.717) is 6.04 Å². The monoisotopic (exact) mass is 234 g/mol. The topological polar surface area (TPSA) is 31.4 Å². The van der Waals surface area contributed by atoms with Gasteiger partial charge in [-0.15, -0.1) is 0 Å². The Morgan fingerprint density at radius 2 is 2.29 bits per heavy atom. The molecule has 0 bridgehead atoms. The average molecular weight is 234 g/mol. The number of rotatable bonds is 3. The van der Waals surface area contributed by atoms with Crippen LogP contribution in [0.2, 0.25) is 0 Å². The first kappa shape index (κ1) is 12.3. The van der Waals surface area contributed by atoms with Crippen LogP contribution in [0.25, 0.3) is 0 Å². The third kappa shape index (κ3) is 3.17. The van der Waals surface area contributed by atoms with Crippen LogP contribution < -0.4 is 5.32 Å². The molecule has 0 saturated carbocycles. The largest absolute Gasteiger partial charge is 0.373 e. The third-order valence-corrected chi connectivity index (χ3v) is 3.43. The Bertz CT molecular complexity index is 366. The molecule has 2 rings (SSSR count). The van der Waals surface area contributed by atoms with Gasteiger partial charge in [0.2, 0.25) is 0 Å². The molecule has 1 aromatic heterocycles. The molecule has 2 heterocycles. The van der Waals surface area contributed by atoms with E-state index in [-0.39, 0.29) is 0 Å². The van der Waals surface area contributed by atoms with Crippen LogP contribution in [0.15, 0.2) is 18.3 Å². The number of likely N-dealkylation sites (N-methyl/N-ethyl adjacent to an activating group) is 1. The van der Waals surface area contributed by atoms with Crippen LogP contribution in [0, 0.1) is 0 Å². The van der Waals surface area contributed by atoms with Crippen LogP contribution in [-0.4, -0.2) is 54.6 Å². The fraction of sp³-hybridized carbons (Fsp3) is 0.615. The number of hydrogen-bond acceptors (Lipinski definition) is 4. The summed E-state index contributed by atoms with van der Waals surface area (Å²) in [6, 6.07) is 4.86. The zero-order chi connectivity index (χ0) is 12.3. The molecule has 1 N–H and O–H groups in total. The standard InChI is InChI=1S/C13H22N4/c1-11-9-16(3)6-7-17(11)10-12-4-5-15-13(8-12)14-2/h4-5,8,11H,6-7,9-10H2,1-3H3,(H,14,15). The van der Waals surface area contributed by atoms with Crippen molar-refractivity contribution < 1.29 is 0 Å². The summed E-state index contributed by atoms with van der Waals surface area (Å²) < 4.78 is 0. The summed E-state index contributed by atoms with van der Waals surface area (Å²) >= 11 is 0. The Labute approximate surface area is 104 Å². The van der Waals surface area contributed by atoms with E-state index in [2.05, 4.69) is 46.2 Å². The Morgan fingerprint density at radius 1 is 1.47 bits per heavy atom. The van der Waals surface area contributed by atoms with Crippen molar-refractivity contribution in [2.45, 2.75) is 19.5 Å². The van der Waals surface area contributed by atoms with Gasteiger partial charge in [-0.3, -0.25) is 4.90 Å². The van der Waals surface area contributed by atoms with Crippen LogP contribution >= 0.6 is 0 Å². The number of piperazine rings is 1. The van der Waals surface area contributed by atoms with E-state index in [0.717, 1.165) is 32.0 Å². The molecule has 1 aromatic rings. The highest BCUT2D eigenvalue weighted by molar-refractivity contribution is 5.36. The van der Waals surface area contributed by atoms with Gasteiger partial charge in [0, 0.05) is 45.5 Å². The predicted octanol–water partition coefficient (Wildman–Crippen LogP) is 1.26. The molecule has 1 aliphatic rings. The van der Waals surface area contributed by atoms with Gasteiger partial charge >= 0.3 is 0 Å². The number of nitrogens with zero attached hydrogens (tertiary/aromatic N) is 3. The maximum absolute atomic E-state index is 4.24. The lowest BCUT2D eigenvalue weighted by Crippen LogP contribution is -2.49. The molecule has 1 atom stereocenters. The van der Waals surface area contributed by atoms with Gasteiger partial charge in [0.25, 0.3) is 0 Å². The zero-order valence-corrected chi connectivity index (χ0v) is 11.0. The molecule has 17 heavy (non-hydrogen) atoms. The molecule has 0 aromatic carbocycles. The van der Waals surface area contributed by atoms with E-state index in [4.69, 9.17) is 0 Å². The Morgan fingerprint density at radius 3 is 3.00 bits per heavy atom. The summed E-state index contributed by atoms with van der Waals surface area (Å²) in [6.45, 7) is 6.79. The van der Waals surface area contributed by atoms with E-state index in [1.807, 2.05) is 13.2 Å². The first-order valence-electron chi connectivity index (χ1n) is 6.24. The van der Waals surface area contributed by atoms with Crippen molar-refractivity contribution in [1.82, 2.24) is 14.8 Å². The molecular weight excluding hydrogens is 212 g/mol. The van der Waals surface area contributed by atoms with Crippen LogP contribution in [0.5, 0.6) is 0 Å². The van der Waals surface area contributed by atoms with Gasteiger partial charge in [-0.25, -0.2) is 4.98 Å². The number of nitrogens with one attached hydrogen (secondary N) is 1. The van der Waals surface area contributed by atoms with Crippen LogP contribution in [0.1, 0.15) is 12.5 Å². The molecular formula is C13H22N4. The van der Waals surface area contributed by atoms with E-state index in [1.54, 1.807) is 0 Å². The second kappa shape index (κ2) is 5.47. The fourth-order valence-electron chi connectivity index (χ4n) is 2.36. The molecule has 1 fully saturated rings. The van der Waals surface area contributed by atoms with Crippen LogP contribution in [0.4, 0.5) is 5.82 Å². The van der Waals surface area contributed by atoms with Crippen molar-refractivity contribution in [3.05, 3.63) is 23.9 Å². The highest BCUT2D eigenvalue weighted by Crippen LogP contribution is 2.14. The van der Waals surface area contributed by atoms with Crippen LogP contribution in [-0.2, 0) is 6.54 Å². The van der Waals surface area contributed by atoms with Crippen molar-refractivity contribution in [1.29, 1.82) is 0 Å². The Hall–Kier alpha value is -1.13. The molecule has 1 saturated heterocycles. The van der Waals surface area contributed by atoms with Gasteiger partial charge in [0.15, 0.2) is 0 Å². The molecule has 4 heteroatoms. The van der Waals surface area contributed by atoms with Crippen molar-refractivity contribution >= 4 is 5.82 Å². The summed E-state index contributed by atoms with van der Waals surface area (Å²) in [5.41, 5.74) is 1.33. The number of pyridine rings is 1. The molecule has 0 radical (unpaired) electrons. The second-order valence-corrected chi connectivity index (χ2v) is 4.88. The number of hydrogen-bond donors (Lipinski definition) is 1. The molecule has 0 spiro atoms. The minimum atomic E-state index is 0.625. The lowest BCUT2D eigenvalue weighted by molar-refractivity contribution is 0.0938. The Kier molecular flexibility index (Phi) is 3.97. The Balaban J connectivity index is 2.00. The fourth-order valence-corrected chi connectivity index (χ4v) is 2.36. The first-order valence-corrected chi connectivity index (χ1v) is 6.24. The SMILES string of the molecule is CNc1cc(CN2CCN(C)CC2C)ccn1. The molecule has 0 amide bonds. The highest BCUT2D eigenvalue weighted by atomic mass is 15.3. The van der Waals surface area contributed by atoms with Crippen molar-refractivity contribution in [3.63, 3.8) is 0 Å². The lowest BCUT2D eigenvalue weighted by Gasteiger charge is -2.38. The summed E-state index contributed by atoms with van der Waals surface area (Å²) in [6.07, 6.45) is 1.88. The normalized spacial score (nSPS) is 22.6. The number of aromatic nitrogens is 1. The van der Waals surface area contributed by atoms with Gasteiger partial charge in [-0.1, -0.05) is 0 Å². The van der Waals surface area contributed by atoms with Gasteiger partial charge in [0.1, 0.15) is 5.82 Å².